The first-order chi connectivity index (χ1) is 10.9. The average Bonchev–Trinajstić information content (AvgIpc) is 3.22. The van der Waals surface area contributed by atoms with Crippen LogP contribution in [0.2, 0.25) is 0 Å². The predicted octanol–water partition coefficient (Wildman–Crippen LogP) is 0.342. The van der Waals surface area contributed by atoms with Crippen molar-refractivity contribution >= 4 is 23.5 Å². The number of imide groups is 1. The highest BCUT2D eigenvalue weighted by Gasteiger charge is 2.60. The maximum Gasteiger partial charge on any atom is 0.328 e. The van der Waals surface area contributed by atoms with Gasteiger partial charge in [-0.3, -0.25) is 14.3 Å². The zero-order valence-electron chi connectivity index (χ0n) is 13.2. The number of anilines is 1. The Morgan fingerprint density at radius 3 is 2.70 bits per heavy atom. The normalized spacial score (nSPS) is 30.8. The number of carbonyl (C=O) groups is 3. The minimum Gasteiger partial charge on any atom is -0.310 e. The van der Waals surface area contributed by atoms with Gasteiger partial charge in [0.15, 0.2) is 0 Å². The molecular formula is C15H19N5O3. The standard InChI is InChI=1S/C15H19N5O3/c1-15-5-3-6-19(15)14(23)20(13(15)22)11-4-7-18(12(11)21)10-8-16-17(2)9-10/h8-9,11H,3-7H2,1-2H3/t11-,15+/m0/s1. The smallest absolute Gasteiger partial charge is 0.310 e. The van der Waals surface area contributed by atoms with E-state index in [1.807, 2.05) is 0 Å². The molecule has 1 aromatic heterocycles. The van der Waals surface area contributed by atoms with Crippen LogP contribution in [0.15, 0.2) is 12.4 Å². The summed E-state index contributed by atoms with van der Waals surface area (Å²) in [5, 5.41) is 4.07. The van der Waals surface area contributed by atoms with Crippen LogP contribution in [-0.2, 0) is 16.6 Å². The van der Waals surface area contributed by atoms with E-state index in [4.69, 9.17) is 0 Å². The van der Waals surface area contributed by atoms with Crippen LogP contribution in [0.4, 0.5) is 10.5 Å². The van der Waals surface area contributed by atoms with E-state index in [9.17, 15) is 14.4 Å². The minimum atomic E-state index is -0.765. The van der Waals surface area contributed by atoms with Gasteiger partial charge in [0.2, 0.25) is 0 Å². The first kappa shape index (κ1) is 14.2. The molecule has 0 saturated carbocycles. The molecule has 0 N–H and O–H groups in total. The summed E-state index contributed by atoms with van der Waals surface area (Å²) in [6.45, 7) is 2.88. The zero-order chi connectivity index (χ0) is 16.4. The molecule has 8 heteroatoms. The molecule has 4 heterocycles. The quantitative estimate of drug-likeness (QED) is 0.737. The largest absolute Gasteiger partial charge is 0.328 e. The van der Waals surface area contributed by atoms with Gasteiger partial charge in [-0.25, -0.2) is 9.69 Å². The summed E-state index contributed by atoms with van der Waals surface area (Å²) in [7, 11) is 1.78. The van der Waals surface area contributed by atoms with Crippen molar-refractivity contribution < 1.29 is 14.4 Å². The summed E-state index contributed by atoms with van der Waals surface area (Å²) >= 11 is 0. The second kappa shape index (κ2) is 4.56. The lowest BCUT2D eigenvalue weighted by molar-refractivity contribution is -0.136. The molecule has 4 rings (SSSR count). The summed E-state index contributed by atoms with van der Waals surface area (Å²) in [6, 6.07) is -1.01. The molecule has 3 saturated heterocycles. The Bertz CT molecular complexity index is 714. The van der Waals surface area contributed by atoms with Crippen molar-refractivity contribution in [3.8, 4) is 0 Å². The Hall–Kier alpha value is -2.38. The fourth-order valence-corrected chi connectivity index (χ4v) is 3.95. The van der Waals surface area contributed by atoms with E-state index in [1.54, 1.807) is 40.8 Å². The van der Waals surface area contributed by atoms with Crippen molar-refractivity contribution in [3.63, 3.8) is 0 Å². The van der Waals surface area contributed by atoms with Gasteiger partial charge in [-0.1, -0.05) is 0 Å². The van der Waals surface area contributed by atoms with Crippen molar-refractivity contribution in [2.45, 2.75) is 37.8 Å². The van der Waals surface area contributed by atoms with Crippen molar-refractivity contribution in [1.82, 2.24) is 19.6 Å². The third-order valence-electron chi connectivity index (χ3n) is 5.25. The maximum atomic E-state index is 12.8. The highest BCUT2D eigenvalue weighted by atomic mass is 16.2. The number of hydrogen-bond acceptors (Lipinski definition) is 4. The molecule has 1 aromatic rings. The van der Waals surface area contributed by atoms with Gasteiger partial charge >= 0.3 is 6.03 Å². The average molecular weight is 317 g/mol. The number of urea groups is 1. The van der Waals surface area contributed by atoms with Gasteiger partial charge in [-0.05, 0) is 26.2 Å². The lowest BCUT2D eigenvalue weighted by Crippen LogP contribution is -2.47. The molecule has 3 aliphatic rings. The van der Waals surface area contributed by atoms with Crippen LogP contribution in [0.3, 0.4) is 0 Å². The molecule has 0 radical (unpaired) electrons. The number of aryl methyl sites for hydroxylation is 1. The van der Waals surface area contributed by atoms with E-state index in [2.05, 4.69) is 5.10 Å². The predicted molar refractivity (Wildman–Crippen MR) is 80.6 cm³/mol. The topological polar surface area (TPSA) is 78.8 Å². The molecule has 0 aromatic carbocycles. The van der Waals surface area contributed by atoms with Gasteiger partial charge in [-0.2, -0.15) is 5.10 Å². The van der Waals surface area contributed by atoms with Gasteiger partial charge in [0, 0.05) is 26.3 Å². The molecule has 0 spiro atoms. The lowest BCUT2D eigenvalue weighted by Gasteiger charge is -2.22. The SMILES string of the molecule is Cn1cc(N2CC[C@H](N3C(=O)N4CCC[C@]4(C)C3=O)C2=O)cn1. The molecular weight excluding hydrogens is 298 g/mol. The van der Waals surface area contributed by atoms with E-state index >= 15 is 0 Å². The van der Waals surface area contributed by atoms with Crippen LogP contribution in [0.1, 0.15) is 26.2 Å². The van der Waals surface area contributed by atoms with Gasteiger partial charge in [-0.15, -0.1) is 0 Å². The van der Waals surface area contributed by atoms with E-state index in [0.717, 1.165) is 6.42 Å². The van der Waals surface area contributed by atoms with Gasteiger partial charge < -0.3 is 9.80 Å². The van der Waals surface area contributed by atoms with Crippen LogP contribution >= 0.6 is 0 Å². The summed E-state index contributed by atoms with van der Waals surface area (Å²) in [6.07, 6.45) is 5.35. The van der Waals surface area contributed by atoms with Gasteiger partial charge in [0.05, 0.1) is 11.9 Å². The third kappa shape index (κ3) is 1.77. The first-order valence-corrected chi connectivity index (χ1v) is 7.89. The van der Waals surface area contributed by atoms with Gasteiger partial charge in [0.1, 0.15) is 11.6 Å². The monoisotopic (exact) mass is 317 g/mol. The molecule has 2 atom stereocenters. The van der Waals surface area contributed by atoms with Crippen molar-refractivity contribution in [2.75, 3.05) is 18.0 Å². The van der Waals surface area contributed by atoms with E-state index in [0.29, 0.717) is 31.6 Å². The zero-order valence-corrected chi connectivity index (χ0v) is 13.2. The third-order valence-corrected chi connectivity index (χ3v) is 5.25. The number of fused-ring (bicyclic) bond motifs is 1. The molecule has 8 nitrogen and oxygen atoms in total. The molecule has 122 valence electrons. The number of carbonyl (C=O) groups excluding carboxylic acids is 3. The molecule has 0 aliphatic carbocycles. The van der Waals surface area contributed by atoms with Crippen LogP contribution in [-0.4, -0.2) is 62.1 Å². The molecule has 3 fully saturated rings. The van der Waals surface area contributed by atoms with Crippen molar-refractivity contribution in [2.24, 2.45) is 7.05 Å². The van der Waals surface area contributed by atoms with Crippen LogP contribution < -0.4 is 4.90 Å². The highest BCUT2D eigenvalue weighted by molar-refractivity contribution is 6.12. The Morgan fingerprint density at radius 1 is 1.26 bits per heavy atom. The number of amides is 4. The van der Waals surface area contributed by atoms with E-state index in [-0.39, 0.29) is 17.8 Å². The van der Waals surface area contributed by atoms with Crippen molar-refractivity contribution in [1.29, 1.82) is 0 Å². The molecule has 0 unspecified atom stereocenters. The summed E-state index contributed by atoms with van der Waals surface area (Å²) < 4.78 is 1.62. The second-order valence-corrected chi connectivity index (χ2v) is 6.65. The Kier molecular flexibility index (Phi) is 2.82. The Balaban J connectivity index is 1.61. The number of rotatable bonds is 2. The first-order valence-electron chi connectivity index (χ1n) is 7.89. The fourth-order valence-electron chi connectivity index (χ4n) is 3.95. The van der Waals surface area contributed by atoms with E-state index < -0.39 is 11.6 Å². The summed E-state index contributed by atoms with van der Waals surface area (Å²) in [4.78, 5) is 42.6. The van der Waals surface area contributed by atoms with E-state index in [1.165, 1.54) is 4.90 Å². The number of nitrogens with zero attached hydrogens (tertiary/aromatic N) is 5. The second-order valence-electron chi connectivity index (χ2n) is 6.65. The van der Waals surface area contributed by atoms with Crippen molar-refractivity contribution in [3.05, 3.63) is 12.4 Å². The molecule has 4 amide bonds. The lowest BCUT2D eigenvalue weighted by atomic mass is 9.99. The fraction of sp³-hybridized carbons (Fsp3) is 0.600. The van der Waals surface area contributed by atoms with Crippen LogP contribution in [0.5, 0.6) is 0 Å². The highest BCUT2D eigenvalue weighted by Crippen LogP contribution is 2.39. The number of hydrogen-bond donors (Lipinski definition) is 0. The Labute approximate surface area is 133 Å². The maximum absolute atomic E-state index is 12.8. The minimum absolute atomic E-state index is 0.204. The summed E-state index contributed by atoms with van der Waals surface area (Å²) in [5.41, 5.74) is -0.0650. The number of aromatic nitrogens is 2. The Morgan fingerprint density at radius 2 is 2.04 bits per heavy atom. The van der Waals surface area contributed by atoms with Crippen LogP contribution in [0, 0.1) is 0 Å². The molecule has 0 bridgehead atoms. The molecule has 3 aliphatic heterocycles. The molecule has 23 heavy (non-hydrogen) atoms. The van der Waals surface area contributed by atoms with Gasteiger partial charge in [0.25, 0.3) is 11.8 Å². The van der Waals surface area contributed by atoms with Crippen LogP contribution in [0.25, 0.3) is 0 Å². The summed E-state index contributed by atoms with van der Waals surface area (Å²) in [5.74, 6) is -0.434.